The predicted molar refractivity (Wildman–Crippen MR) is 144 cm³/mol. The van der Waals surface area contributed by atoms with Crippen LogP contribution in [0.3, 0.4) is 0 Å². The molecule has 238 valence electrons. The van der Waals surface area contributed by atoms with Gasteiger partial charge in [-0.1, -0.05) is 0 Å². The lowest BCUT2D eigenvalue weighted by Crippen LogP contribution is -2.24. The number of rotatable bonds is 34. The zero-order valence-electron chi connectivity index (χ0n) is 24.1. The number of carbonyl (C=O) groups excluding carboxylic acids is 1. The molecule has 14 nitrogen and oxygen atoms in total. The van der Waals surface area contributed by atoms with Crippen LogP contribution in [0.25, 0.3) is 0 Å². The summed E-state index contributed by atoms with van der Waals surface area (Å²) in [5.41, 5.74) is 0. The molecule has 0 saturated carbocycles. The van der Waals surface area contributed by atoms with E-state index in [1.807, 2.05) is 6.92 Å². The first-order valence-electron chi connectivity index (χ1n) is 13.9. The van der Waals surface area contributed by atoms with E-state index in [-0.39, 0.29) is 18.9 Å². The Morgan fingerprint density at radius 2 is 0.650 bits per heavy atom. The van der Waals surface area contributed by atoms with Crippen molar-refractivity contribution in [2.75, 3.05) is 139 Å². The third-order valence-electron chi connectivity index (χ3n) is 4.66. The average Bonchev–Trinajstić information content (AvgIpc) is 2.93. The Hall–Kier alpha value is -1.46. The highest BCUT2D eigenvalue weighted by molar-refractivity contribution is 5.75. The second-order valence-corrected chi connectivity index (χ2v) is 7.97. The SMILES string of the molecule is CCNC(=O)CCOCCOCCOCCOCCOCCOCCOCCOCCOCCOCCC(=O)O. The molecular weight excluding hydrogens is 534 g/mol. The van der Waals surface area contributed by atoms with Crippen molar-refractivity contribution in [2.24, 2.45) is 0 Å². The van der Waals surface area contributed by atoms with Gasteiger partial charge in [0.2, 0.25) is 5.91 Å². The summed E-state index contributed by atoms with van der Waals surface area (Å²) in [4.78, 5) is 21.5. The molecular formula is C26H51NO13. The molecule has 0 aromatic rings. The summed E-state index contributed by atoms with van der Waals surface area (Å²) in [7, 11) is 0. The van der Waals surface area contributed by atoms with E-state index in [2.05, 4.69) is 5.32 Å². The second kappa shape index (κ2) is 33.7. The first-order valence-corrected chi connectivity index (χ1v) is 13.9. The molecule has 0 aromatic carbocycles. The first-order chi connectivity index (χ1) is 19.7. The number of hydrogen-bond donors (Lipinski definition) is 2. The molecule has 0 aromatic heterocycles. The Kier molecular flexibility index (Phi) is 32.5. The van der Waals surface area contributed by atoms with Crippen LogP contribution in [-0.2, 0) is 57.0 Å². The summed E-state index contributed by atoms with van der Waals surface area (Å²) in [6.07, 6.45) is 0.360. The Morgan fingerprint density at radius 3 is 0.875 bits per heavy atom. The third-order valence-corrected chi connectivity index (χ3v) is 4.66. The molecule has 0 atom stereocenters. The summed E-state index contributed by atoms with van der Waals surface area (Å²) < 4.78 is 53.6. The van der Waals surface area contributed by atoms with Crippen molar-refractivity contribution >= 4 is 11.9 Å². The van der Waals surface area contributed by atoms with Crippen LogP contribution in [0.2, 0.25) is 0 Å². The molecule has 0 spiro atoms. The van der Waals surface area contributed by atoms with Crippen LogP contribution in [0.1, 0.15) is 19.8 Å². The molecule has 40 heavy (non-hydrogen) atoms. The predicted octanol–water partition coefficient (Wildman–Crippen LogP) is 0.153. The quantitative estimate of drug-likeness (QED) is 0.0984. The van der Waals surface area contributed by atoms with Crippen LogP contribution in [0.15, 0.2) is 0 Å². The molecule has 0 aliphatic carbocycles. The maximum absolute atomic E-state index is 11.2. The van der Waals surface area contributed by atoms with E-state index < -0.39 is 5.97 Å². The highest BCUT2D eigenvalue weighted by Gasteiger charge is 1.99. The number of carboxylic acid groups (broad SMARTS) is 1. The van der Waals surface area contributed by atoms with Crippen molar-refractivity contribution < 1.29 is 62.1 Å². The van der Waals surface area contributed by atoms with Crippen LogP contribution < -0.4 is 5.32 Å². The number of nitrogens with one attached hydrogen (secondary N) is 1. The van der Waals surface area contributed by atoms with Gasteiger partial charge in [0.25, 0.3) is 0 Å². The molecule has 0 bridgehead atoms. The summed E-state index contributed by atoms with van der Waals surface area (Å²) in [6, 6.07) is 0. The second-order valence-electron chi connectivity index (χ2n) is 7.97. The number of ether oxygens (including phenoxy) is 10. The number of amides is 1. The van der Waals surface area contributed by atoms with Gasteiger partial charge in [-0.25, -0.2) is 0 Å². The van der Waals surface area contributed by atoms with Crippen LogP contribution >= 0.6 is 0 Å². The zero-order valence-corrected chi connectivity index (χ0v) is 24.1. The zero-order chi connectivity index (χ0) is 29.2. The summed E-state index contributed by atoms with van der Waals surface area (Å²) >= 11 is 0. The van der Waals surface area contributed by atoms with Crippen molar-refractivity contribution in [2.45, 2.75) is 19.8 Å². The van der Waals surface area contributed by atoms with E-state index in [1.165, 1.54) is 0 Å². The molecule has 0 saturated heterocycles. The molecule has 0 aliphatic rings. The van der Waals surface area contributed by atoms with Crippen molar-refractivity contribution in [3.63, 3.8) is 0 Å². The van der Waals surface area contributed by atoms with E-state index in [4.69, 9.17) is 52.5 Å². The normalized spacial score (nSPS) is 11.2. The fourth-order valence-electron chi connectivity index (χ4n) is 2.69. The molecule has 0 aliphatic heterocycles. The van der Waals surface area contributed by atoms with E-state index in [1.54, 1.807) is 0 Å². The lowest BCUT2D eigenvalue weighted by atomic mass is 10.4. The molecule has 2 N–H and O–H groups in total. The van der Waals surface area contributed by atoms with Crippen LogP contribution in [-0.4, -0.2) is 156 Å². The lowest BCUT2D eigenvalue weighted by Gasteiger charge is -2.09. The fourth-order valence-corrected chi connectivity index (χ4v) is 2.69. The van der Waals surface area contributed by atoms with E-state index in [0.717, 1.165) is 0 Å². The molecule has 0 radical (unpaired) electrons. The molecule has 0 rings (SSSR count). The van der Waals surface area contributed by atoms with Gasteiger partial charge in [-0.15, -0.1) is 0 Å². The van der Waals surface area contributed by atoms with Crippen LogP contribution in [0.4, 0.5) is 0 Å². The highest BCUT2D eigenvalue weighted by atomic mass is 16.6. The number of hydrogen-bond acceptors (Lipinski definition) is 12. The standard InChI is InChI=1S/C26H51NO13/c1-2-27-25(28)3-5-31-7-9-33-11-13-35-15-17-37-19-21-39-23-24-40-22-20-38-18-16-36-14-12-34-10-8-32-6-4-26(29)30/h2-24H2,1H3,(H,27,28)(H,29,30). The monoisotopic (exact) mass is 585 g/mol. The van der Waals surface area contributed by atoms with Gasteiger partial charge in [-0.2, -0.15) is 0 Å². The number of aliphatic carboxylic acids is 1. The summed E-state index contributed by atoms with van der Waals surface area (Å²) in [5.74, 6) is -0.881. The molecule has 1 amide bonds. The molecule has 0 heterocycles. The molecule has 0 fully saturated rings. The minimum Gasteiger partial charge on any atom is -0.481 e. The van der Waals surface area contributed by atoms with Gasteiger partial charge in [0, 0.05) is 13.0 Å². The first kappa shape index (κ1) is 38.5. The minimum atomic E-state index is -0.876. The maximum atomic E-state index is 11.2. The minimum absolute atomic E-state index is 0.00333. The highest BCUT2D eigenvalue weighted by Crippen LogP contribution is 1.88. The third kappa shape index (κ3) is 34.6. The van der Waals surface area contributed by atoms with Gasteiger partial charge in [0.1, 0.15) is 0 Å². The topological polar surface area (TPSA) is 159 Å². The Bertz CT molecular complexity index is 543. The van der Waals surface area contributed by atoms with Crippen LogP contribution in [0, 0.1) is 0 Å². The summed E-state index contributed by atoms with van der Waals surface area (Å²) in [6.45, 7) is 11.5. The van der Waals surface area contributed by atoms with Gasteiger partial charge >= 0.3 is 5.97 Å². The Labute approximate surface area is 238 Å². The van der Waals surface area contributed by atoms with Crippen molar-refractivity contribution in [1.29, 1.82) is 0 Å². The van der Waals surface area contributed by atoms with Gasteiger partial charge in [-0.05, 0) is 6.92 Å². The number of carboxylic acids is 1. The van der Waals surface area contributed by atoms with Gasteiger partial charge < -0.3 is 57.8 Å². The Morgan fingerprint density at radius 1 is 0.425 bits per heavy atom. The lowest BCUT2D eigenvalue weighted by molar-refractivity contribution is -0.138. The van der Waals surface area contributed by atoms with Gasteiger partial charge in [0.05, 0.1) is 139 Å². The van der Waals surface area contributed by atoms with Crippen molar-refractivity contribution in [3.05, 3.63) is 0 Å². The van der Waals surface area contributed by atoms with E-state index in [0.29, 0.717) is 138 Å². The maximum Gasteiger partial charge on any atom is 0.305 e. The molecule has 0 unspecified atom stereocenters. The fraction of sp³-hybridized carbons (Fsp3) is 0.923. The smallest absolute Gasteiger partial charge is 0.305 e. The van der Waals surface area contributed by atoms with Crippen LogP contribution in [0.5, 0.6) is 0 Å². The van der Waals surface area contributed by atoms with E-state index in [9.17, 15) is 9.59 Å². The van der Waals surface area contributed by atoms with Gasteiger partial charge in [0.15, 0.2) is 0 Å². The van der Waals surface area contributed by atoms with Gasteiger partial charge in [-0.3, -0.25) is 9.59 Å². The Balaban J connectivity index is 3.06. The van der Waals surface area contributed by atoms with Crippen molar-refractivity contribution in [1.82, 2.24) is 5.32 Å². The summed E-state index contributed by atoms with van der Waals surface area (Å²) in [5, 5.41) is 11.2. The number of carbonyl (C=O) groups is 2. The average molecular weight is 586 g/mol. The largest absolute Gasteiger partial charge is 0.481 e. The van der Waals surface area contributed by atoms with Crippen molar-refractivity contribution in [3.8, 4) is 0 Å². The van der Waals surface area contributed by atoms with E-state index >= 15 is 0 Å². The molecule has 14 heteroatoms.